The lowest BCUT2D eigenvalue weighted by atomic mass is 10.1. The number of benzene rings is 1. The van der Waals surface area contributed by atoms with Crippen molar-refractivity contribution in [3.8, 4) is 5.75 Å². The molecule has 0 aromatic heterocycles. The van der Waals surface area contributed by atoms with Crippen LogP contribution in [0.3, 0.4) is 0 Å². The van der Waals surface area contributed by atoms with Crippen LogP contribution in [-0.4, -0.2) is 35.5 Å². The van der Waals surface area contributed by atoms with Gasteiger partial charge >= 0.3 is 12.2 Å². The van der Waals surface area contributed by atoms with E-state index in [1.807, 2.05) is 0 Å². The normalized spacial score (nSPS) is 12.7. The first-order valence-corrected chi connectivity index (χ1v) is 8.45. The summed E-state index contributed by atoms with van der Waals surface area (Å²) in [5, 5.41) is 13.5. The Morgan fingerprint density at radius 3 is 1.93 bits per heavy atom. The smallest absolute Gasteiger partial charge is 0.514 e. The molecular weight excluding hydrogens is 354 g/mol. The second-order valence-electron chi connectivity index (χ2n) is 7.93. The number of carbonyl (C=O) groups excluding carboxylic acids is 3. The molecular formula is C19H26NO7-. The van der Waals surface area contributed by atoms with Gasteiger partial charge in [0.05, 0.1) is 12.0 Å². The average Bonchev–Trinajstić information content (AvgIpc) is 2.44. The molecule has 1 N–H and O–H groups in total. The number of carbonyl (C=O) groups is 3. The van der Waals surface area contributed by atoms with E-state index in [1.165, 1.54) is 12.1 Å². The maximum atomic E-state index is 11.8. The lowest BCUT2D eigenvalue weighted by Crippen LogP contribution is -2.50. The van der Waals surface area contributed by atoms with Crippen molar-refractivity contribution in [3.05, 3.63) is 29.8 Å². The predicted octanol–water partition coefficient (Wildman–Crippen LogP) is 2.19. The molecule has 27 heavy (non-hydrogen) atoms. The molecule has 8 nitrogen and oxygen atoms in total. The van der Waals surface area contributed by atoms with Crippen LogP contribution in [0.5, 0.6) is 5.75 Å². The monoisotopic (exact) mass is 380 g/mol. The molecule has 0 aliphatic rings. The number of ether oxygens (including phenoxy) is 3. The van der Waals surface area contributed by atoms with Gasteiger partial charge in [-0.15, -0.1) is 0 Å². The van der Waals surface area contributed by atoms with Crippen LogP contribution >= 0.6 is 0 Å². The predicted molar refractivity (Wildman–Crippen MR) is 95.2 cm³/mol. The molecule has 150 valence electrons. The molecule has 0 spiro atoms. The summed E-state index contributed by atoms with van der Waals surface area (Å²) in [6, 6.07) is 4.88. The van der Waals surface area contributed by atoms with Crippen molar-refractivity contribution in [3.63, 3.8) is 0 Å². The Morgan fingerprint density at radius 1 is 0.963 bits per heavy atom. The molecule has 0 unspecified atom stereocenters. The third-order valence-electron chi connectivity index (χ3n) is 2.93. The third kappa shape index (κ3) is 9.48. The van der Waals surface area contributed by atoms with Gasteiger partial charge in [0.15, 0.2) is 0 Å². The van der Waals surface area contributed by atoms with Crippen LogP contribution in [0.25, 0.3) is 0 Å². The second-order valence-corrected chi connectivity index (χ2v) is 7.93. The quantitative estimate of drug-likeness (QED) is 0.615. The van der Waals surface area contributed by atoms with Crippen molar-refractivity contribution in [1.29, 1.82) is 0 Å². The molecule has 0 saturated heterocycles. The molecule has 1 aromatic rings. The first-order valence-electron chi connectivity index (χ1n) is 8.45. The fourth-order valence-corrected chi connectivity index (χ4v) is 1.94. The summed E-state index contributed by atoms with van der Waals surface area (Å²) >= 11 is 0. The number of amides is 1. The highest BCUT2D eigenvalue weighted by molar-refractivity contribution is 5.79. The zero-order chi connectivity index (χ0) is 20.8. The van der Waals surface area contributed by atoms with Crippen molar-refractivity contribution < 1.29 is 33.7 Å². The average molecular weight is 380 g/mol. The van der Waals surface area contributed by atoms with Gasteiger partial charge in [-0.25, -0.2) is 9.59 Å². The van der Waals surface area contributed by atoms with Gasteiger partial charge in [0.2, 0.25) is 0 Å². The maximum Gasteiger partial charge on any atom is 0.514 e. The van der Waals surface area contributed by atoms with Crippen LogP contribution in [0.1, 0.15) is 47.1 Å². The van der Waals surface area contributed by atoms with Gasteiger partial charge in [-0.05, 0) is 65.7 Å². The van der Waals surface area contributed by atoms with Crippen molar-refractivity contribution in [2.45, 2.75) is 65.2 Å². The minimum absolute atomic E-state index is 0.0195. The molecule has 1 amide bonds. The fraction of sp³-hybridized carbons (Fsp3) is 0.526. The maximum absolute atomic E-state index is 11.8. The van der Waals surface area contributed by atoms with Gasteiger partial charge in [0.1, 0.15) is 17.0 Å². The molecule has 8 heteroatoms. The van der Waals surface area contributed by atoms with Crippen LogP contribution in [0.2, 0.25) is 0 Å². The molecule has 1 rings (SSSR count). The first-order chi connectivity index (χ1) is 12.2. The second kappa shape index (κ2) is 8.75. The summed E-state index contributed by atoms with van der Waals surface area (Å²) in [5.74, 6) is -1.19. The van der Waals surface area contributed by atoms with E-state index < -0.39 is 35.5 Å². The number of carboxylic acid groups (broad SMARTS) is 1. The van der Waals surface area contributed by atoms with E-state index in [4.69, 9.17) is 14.2 Å². The molecule has 0 radical (unpaired) electrons. The van der Waals surface area contributed by atoms with Gasteiger partial charge in [0.25, 0.3) is 0 Å². The van der Waals surface area contributed by atoms with Crippen LogP contribution in [0.4, 0.5) is 9.59 Å². The van der Waals surface area contributed by atoms with Crippen molar-refractivity contribution in [2.24, 2.45) is 0 Å². The Kier molecular flexibility index (Phi) is 7.21. The Hall–Kier alpha value is -2.77. The Bertz CT molecular complexity index is 669. The summed E-state index contributed by atoms with van der Waals surface area (Å²) in [6.07, 6.45) is -1.70. The summed E-state index contributed by atoms with van der Waals surface area (Å²) in [6.45, 7) is 10.2. The Labute approximate surface area is 158 Å². The Morgan fingerprint density at radius 2 is 1.48 bits per heavy atom. The molecule has 0 saturated carbocycles. The molecule has 0 heterocycles. The SMILES string of the molecule is CC(C)(C)OC(=O)N[C@@H](Cc1ccc(OC(=O)OC(C)(C)C)cc1)C(=O)[O-]. The van der Waals surface area contributed by atoms with Crippen LogP contribution in [0.15, 0.2) is 24.3 Å². The number of hydrogen-bond acceptors (Lipinski definition) is 7. The Balaban J connectivity index is 2.69. The van der Waals surface area contributed by atoms with E-state index >= 15 is 0 Å². The minimum atomic E-state index is -1.44. The summed E-state index contributed by atoms with van der Waals surface area (Å²) in [7, 11) is 0. The van der Waals surface area contributed by atoms with Gasteiger partial charge in [-0.2, -0.15) is 0 Å². The van der Waals surface area contributed by atoms with E-state index in [0.29, 0.717) is 5.56 Å². The number of nitrogens with one attached hydrogen (secondary N) is 1. The van der Waals surface area contributed by atoms with E-state index in [-0.39, 0.29) is 12.2 Å². The lowest BCUT2D eigenvalue weighted by Gasteiger charge is -2.24. The zero-order valence-corrected chi connectivity index (χ0v) is 16.5. The van der Waals surface area contributed by atoms with Gasteiger partial charge in [0, 0.05) is 0 Å². The minimum Gasteiger partial charge on any atom is -0.548 e. The van der Waals surface area contributed by atoms with Gasteiger partial charge in [-0.1, -0.05) is 12.1 Å². The molecule has 0 fully saturated rings. The highest BCUT2D eigenvalue weighted by Gasteiger charge is 2.21. The number of alkyl carbamates (subject to hydrolysis) is 1. The number of hydrogen-bond donors (Lipinski definition) is 1. The highest BCUT2D eigenvalue weighted by Crippen LogP contribution is 2.16. The van der Waals surface area contributed by atoms with Crippen LogP contribution in [0, 0.1) is 0 Å². The van der Waals surface area contributed by atoms with E-state index in [2.05, 4.69) is 5.32 Å². The lowest BCUT2D eigenvalue weighted by molar-refractivity contribution is -0.308. The van der Waals surface area contributed by atoms with E-state index in [1.54, 1.807) is 53.7 Å². The molecule has 0 bridgehead atoms. The largest absolute Gasteiger partial charge is 0.548 e. The number of rotatable bonds is 5. The van der Waals surface area contributed by atoms with E-state index in [9.17, 15) is 19.5 Å². The molecule has 1 atom stereocenters. The fourth-order valence-electron chi connectivity index (χ4n) is 1.94. The summed E-state index contributed by atoms with van der Waals surface area (Å²) < 4.78 is 15.1. The highest BCUT2D eigenvalue weighted by atomic mass is 16.7. The molecule has 0 aliphatic heterocycles. The standard InChI is InChI=1S/C19H27NO7/c1-18(2,3)26-16(23)20-14(15(21)22)11-12-7-9-13(10-8-12)25-17(24)27-19(4,5)6/h7-10,14H,11H2,1-6H3,(H,20,23)(H,21,22)/p-1/t14-/m0/s1. The summed E-state index contributed by atoms with van der Waals surface area (Å²) in [5.41, 5.74) is -0.829. The third-order valence-corrected chi connectivity index (χ3v) is 2.93. The van der Waals surface area contributed by atoms with Crippen molar-refractivity contribution >= 4 is 18.2 Å². The topological polar surface area (TPSA) is 114 Å². The van der Waals surface area contributed by atoms with Crippen LogP contribution < -0.4 is 15.2 Å². The van der Waals surface area contributed by atoms with Gasteiger partial charge < -0.3 is 29.4 Å². The zero-order valence-electron chi connectivity index (χ0n) is 16.5. The summed E-state index contributed by atoms with van der Waals surface area (Å²) in [4.78, 5) is 34.7. The van der Waals surface area contributed by atoms with Crippen molar-refractivity contribution in [2.75, 3.05) is 0 Å². The van der Waals surface area contributed by atoms with E-state index in [0.717, 1.165) is 0 Å². The molecule has 0 aliphatic carbocycles. The number of carboxylic acids is 1. The first kappa shape index (κ1) is 22.3. The van der Waals surface area contributed by atoms with Gasteiger partial charge in [-0.3, -0.25) is 0 Å². The van der Waals surface area contributed by atoms with Crippen LogP contribution in [-0.2, 0) is 20.7 Å². The van der Waals surface area contributed by atoms with Crippen molar-refractivity contribution in [1.82, 2.24) is 5.32 Å². The number of aliphatic carboxylic acids is 1. The molecule has 1 aromatic carbocycles.